The fraction of sp³-hybridized carbons (Fsp3) is 0.812. The first-order chi connectivity index (χ1) is 10.7. The molecular formula is C16H25N3O3. The van der Waals surface area contributed by atoms with Crippen molar-refractivity contribution in [3.63, 3.8) is 0 Å². The fourth-order valence-corrected chi connectivity index (χ4v) is 3.58. The van der Waals surface area contributed by atoms with Crippen LogP contribution < -0.4 is 5.32 Å². The third-order valence-corrected chi connectivity index (χ3v) is 4.89. The van der Waals surface area contributed by atoms with Crippen LogP contribution in [0.2, 0.25) is 0 Å². The second kappa shape index (κ2) is 7.22. The van der Waals surface area contributed by atoms with E-state index in [9.17, 15) is 9.90 Å². The monoisotopic (exact) mass is 307 g/mol. The van der Waals surface area contributed by atoms with Gasteiger partial charge >= 0.3 is 0 Å². The Kier molecular flexibility index (Phi) is 5.08. The number of nitrogens with one attached hydrogen (secondary N) is 1. The summed E-state index contributed by atoms with van der Waals surface area (Å²) < 4.78 is 5.25. The van der Waals surface area contributed by atoms with Gasteiger partial charge in [-0.05, 0) is 32.1 Å². The van der Waals surface area contributed by atoms with Crippen molar-refractivity contribution in [3.8, 4) is 0 Å². The number of aliphatic hydroxyl groups is 1. The summed E-state index contributed by atoms with van der Waals surface area (Å²) in [5.41, 5.74) is 0. The molecule has 1 aromatic heterocycles. The van der Waals surface area contributed by atoms with Crippen LogP contribution in [-0.2, 0) is 11.3 Å². The Bertz CT molecular complexity index is 497. The fourth-order valence-electron chi connectivity index (χ4n) is 3.58. The predicted octanol–water partition coefficient (Wildman–Crippen LogP) is 2.28. The Morgan fingerprint density at radius 1 is 1.18 bits per heavy atom. The van der Waals surface area contributed by atoms with Gasteiger partial charge in [0.05, 0.1) is 12.6 Å². The summed E-state index contributed by atoms with van der Waals surface area (Å²) in [6.45, 7) is 0.283. The molecule has 6 nitrogen and oxygen atoms in total. The lowest BCUT2D eigenvalue weighted by atomic mass is 9.87. The van der Waals surface area contributed by atoms with E-state index < -0.39 is 0 Å². The van der Waals surface area contributed by atoms with E-state index in [1.807, 2.05) is 0 Å². The third-order valence-electron chi connectivity index (χ3n) is 4.89. The van der Waals surface area contributed by atoms with Crippen LogP contribution in [0.1, 0.15) is 75.4 Å². The second-order valence-electron chi connectivity index (χ2n) is 6.62. The normalized spacial score (nSPS) is 26.8. The summed E-state index contributed by atoms with van der Waals surface area (Å²) >= 11 is 0. The number of nitrogens with zero attached hydrogens (tertiary/aromatic N) is 2. The van der Waals surface area contributed by atoms with Crippen molar-refractivity contribution in [3.05, 3.63) is 11.7 Å². The van der Waals surface area contributed by atoms with Crippen LogP contribution in [-0.4, -0.2) is 27.3 Å². The van der Waals surface area contributed by atoms with Gasteiger partial charge in [-0.2, -0.15) is 4.98 Å². The summed E-state index contributed by atoms with van der Waals surface area (Å²) in [5, 5.41) is 16.6. The summed E-state index contributed by atoms with van der Waals surface area (Å²) in [6.07, 6.45) is 8.80. The molecular weight excluding hydrogens is 282 g/mol. The van der Waals surface area contributed by atoms with Gasteiger partial charge in [-0.3, -0.25) is 4.79 Å². The van der Waals surface area contributed by atoms with Crippen molar-refractivity contribution in [1.82, 2.24) is 15.5 Å². The number of amides is 1. The van der Waals surface area contributed by atoms with Gasteiger partial charge in [-0.1, -0.05) is 30.8 Å². The number of hydrogen-bond donors (Lipinski definition) is 2. The predicted molar refractivity (Wildman–Crippen MR) is 79.9 cm³/mol. The molecule has 1 amide bonds. The quantitative estimate of drug-likeness (QED) is 0.891. The minimum Gasteiger partial charge on any atom is -0.393 e. The first-order valence-corrected chi connectivity index (χ1v) is 8.50. The second-order valence-corrected chi connectivity index (χ2v) is 6.62. The van der Waals surface area contributed by atoms with E-state index in [2.05, 4.69) is 15.5 Å². The molecule has 0 saturated heterocycles. The lowest BCUT2D eigenvalue weighted by molar-refractivity contribution is -0.127. The van der Waals surface area contributed by atoms with Crippen molar-refractivity contribution in [2.75, 3.05) is 0 Å². The first kappa shape index (κ1) is 15.5. The van der Waals surface area contributed by atoms with E-state index in [1.54, 1.807) is 0 Å². The highest BCUT2D eigenvalue weighted by Crippen LogP contribution is 2.30. The number of aromatic nitrogens is 2. The molecule has 0 unspecified atom stereocenters. The molecule has 3 rings (SSSR count). The van der Waals surface area contributed by atoms with E-state index >= 15 is 0 Å². The molecule has 6 heteroatoms. The zero-order valence-electron chi connectivity index (χ0n) is 13.0. The molecule has 1 heterocycles. The standard InChI is InChI=1S/C16H25N3O3/c20-13-8-4-7-12(9-13)16(21)17-10-14-18-15(19-22-14)11-5-2-1-3-6-11/h11-13,20H,1-10H2,(H,17,21)/t12-,13-/m0/s1. The molecule has 0 spiro atoms. The van der Waals surface area contributed by atoms with Crippen LogP contribution >= 0.6 is 0 Å². The Morgan fingerprint density at radius 3 is 2.77 bits per heavy atom. The summed E-state index contributed by atoms with van der Waals surface area (Å²) in [4.78, 5) is 16.5. The van der Waals surface area contributed by atoms with Crippen LogP contribution in [0.15, 0.2) is 4.52 Å². The highest BCUT2D eigenvalue weighted by Gasteiger charge is 2.26. The lowest BCUT2D eigenvalue weighted by Crippen LogP contribution is -2.34. The number of rotatable bonds is 4. The van der Waals surface area contributed by atoms with Gasteiger partial charge in [-0.15, -0.1) is 0 Å². The topological polar surface area (TPSA) is 88.3 Å². The molecule has 122 valence electrons. The number of carbonyl (C=O) groups excluding carboxylic acids is 1. The zero-order valence-corrected chi connectivity index (χ0v) is 13.0. The van der Waals surface area contributed by atoms with Crippen LogP contribution in [0.3, 0.4) is 0 Å². The molecule has 22 heavy (non-hydrogen) atoms. The average molecular weight is 307 g/mol. The van der Waals surface area contributed by atoms with E-state index in [4.69, 9.17) is 4.52 Å². The van der Waals surface area contributed by atoms with Gasteiger partial charge in [0.15, 0.2) is 5.82 Å². The van der Waals surface area contributed by atoms with E-state index in [-0.39, 0.29) is 24.5 Å². The highest BCUT2D eigenvalue weighted by atomic mass is 16.5. The van der Waals surface area contributed by atoms with Gasteiger partial charge in [-0.25, -0.2) is 0 Å². The molecule has 0 aliphatic heterocycles. The van der Waals surface area contributed by atoms with Crippen molar-refractivity contribution in [1.29, 1.82) is 0 Å². The molecule has 2 aliphatic rings. The molecule has 0 radical (unpaired) electrons. The molecule has 2 aliphatic carbocycles. The Labute approximate surface area is 130 Å². The van der Waals surface area contributed by atoms with Crippen LogP contribution in [0, 0.1) is 5.92 Å². The van der Waals surface area contributed by atoms with Crippen molar-refractivity contribution < 1.29 is 14.4 Å². The largest absolute Gasteiger partial charge is 0.393 e. The van der Waals surface area contributed by atoms with Crippen molar-refractivity contribution >= 4 is 5.91 Å². The molecule has 0 aromatic carbocycles. The van der Waals surface area contributed by atoms with Gasteiger partial charge < -0.3 is 14.9 Å². The summed E-state index contributed by atoms with van der Waals surface area (Å²) in [7, 11) is 0. The smallest absolute Gasteiger partial charge is 0.246 e. The number of hydrogen-bond acceptors (Lipinski definition) is 5. The first-order valence-electron chi connectivity index (χ1n) is 8.50. The molecule has 0 bridgehead atoms. The maximum Gasteiger partial charge on any atom is 0.246 e. The Morgan fingerprint density at radius 2 is 2.00 bits per heavy atom. The highest BCUT2D eigenvalue weighted by molar-refractivity contribution is 5.78. The van der Waals surface area contributed by atoms with Gasteiger partial charge in [0.2, 0.25) is 11.8 Å². The summed E-state index contributed by atoms with van der Waals surface area (Å²) in [6, 6.07) is 0. The van der Waals surface area contributed by atoms with Crippen molar-refractivity contribution in [2.24, 2.45) is 5.92 Å². The van der Waals surface area contributed by atoms with Gasteiger partial charge in [0.25, 0.3) is 0 Å². The maximum absolute atomic E-state index is 12.1. The van der Waals surface area contributed by atoms with Crippen LogP contribution in [0.4, 0.5) is 0 Å². The van der Waals surface area contributed by atoms with E-state index in [0.717, 1.165) is 37.9 Å². The van der Waals surface area contributed by atoms with Gasteiger partial charge in [0.1, 0.15) is 0 Å². The van der Waals surface area contributed by atoms with Crippen LogP contribution in [0.5, 0.6) is 0 Å². The average Bonchev–Trinajstić information content (AvgIpc) is 3.02. The van der Waals surface area contributed by atoms with E-state index in [0.29, 0.717) is 18.2 Å². The van der Waals surface area contributed by atoms with Gasteiger partial charge in [0, 0.05) is 11.8 Å². The minimum absolute atomic E-state index is 0.0174. The lowest BCUT2D eigenvalue weighted by Gasteiger charge is -2.24. The molecule has 2 N–H and O–H groups in total. The molecule has 2 saturated carbocycles. The van der Waals surface area contributed by atoms with Crippen LogP contribution in [0.25, 0.3) is 0 Å². The zero-order chi connectivity index (χ0) is 15.4. The Hall–Kier alpha value is -1.43. The molecule has 2 fully saturated rings. The third kappa shape index (κ3) is 3.85. The summed E-state index contributed by atoms with van der Waals surface area (Å²) in [5.74, 6) is 1.57. The molecule has 1 aromatic rings. The Balaban J connectivity index is 1.49. The molecule has 2 atom stereocenters. The minimum atomic E-state index is -0.342. The van der Waals surface area contributed by atoms with Crippen molar-refractivity contribution in [2.45, 2.75) is 76.4 Å². The van der Waals surface area contributed by atoms with E-state index in [1.165, 1.54) is 19.3 Å². The SMILES string of the molecule is O=C(NCc1nc(C2CCCCC2)no1)[C@H]1CCC[C@H](O)C1. The number of carbonyl (C=O) groups is 1. The maximum atomic E-state index is 12.1. The number of aliphatic hydroxyl groups excluding tert-OH is 1.